The minimum absolute atomic E-state index is 0.112. The molecular weight excluding hydrogens is 248 g/mol. The second kappa shape index (κ2) is 7.99. The number of carboxylic acids is 1. The van der Waals surface area contributed by atoms with Gasteiger partial charge in [0.15, 0.2) is 0 Å². The number of carbonyl (C=O) groups is 2. The van der Waals surface area contributed by atoms with Crippen molar-refractivity contribution in [2.24, 2.45) is 0 Å². The highest BCUT2D eigenvalue weighted by Crippen LogP contribution is 2.15. The SMILES string of the molecule is CCC(CC)(NC(=O)N(C)CCOC(C)C)C(=O)O. The van der Waals surface area contributed by atoms with Crippen molar-refractivity contribution in [3.05, 3.63) is 0 Å². The molecule has 0 spiro atoms. The lowest BCUT2D eigenvalue weighted by molar-refractivity contribution is -0.144. The van der Waals surface area contributed by atoms with Crippen molar-refractivity contribution in [3.8, 4) is 0 Å². The lowest BCUT2D eigenvalue weighted by atomic mass is 9.93. The summed E-state index contributed by atoms with van der Waals surface area (Å²) in [5.74, 6) is -1.00. The Hall–Kier alpha value is -1.30. The van der Waals surface area contributed by atoms with Crippen LogP contribution in [-0.4, -0.2) is 53.8 Å². The zero-order valence-corrected chi connectivity index (χ0v) is 12.5. The number of carboxylic acid groups (broad SMARTS) is 1. The largest absolute Gasteiger partial charge is 0.480 e. The average molecular weight is 274 g/mol. The Bertz CT molecular complexity index is 301. The first-order valence-corrected chi connectivity index (χ1v) is 6.67. The van der Waals surface area contributed by atoms with Gasteiger partial charge in [0.2, 0.25) is 0 Å². The van der Waals surface area contributed by atoms with E-state index in [4.69, 9.17) is 4.74 Å². The number of nitrogens with zero attached hydrogens (tertiary/aromatic N) is 1. The van der Waals surface area contributed by atoms with Gasteiger partial charge in [0.05, 0.1) is 12.7 Å². The molecule has 0 bridgehead atoms. The Balaban J connectivity index is 4.44. The Morgan fingerprint density at radius 2 is 1.84 bits per heavy atom. The van der Waals surface area contributed by atoms with Crippen LogP contribution in [0.15, 0.2) is 0 Å². The molecule has 2 amide bonds. The van der Waals surface area contributed by atoms with Crippen LogP contribution in [-0.2, 0) is 9.53 Å². The molecule has 0 saturated carbocycles. The third-order valence-corrected chi connectivity index (χ3v) is 3.19. The van der Waals surface area contributed by atoms with Gasteiger partial charge < -0.3 is 20.1 Å². The van der Waals surface area contributed by atoms with Crippen LogP contribution < -0.4 is 5.32 Å². The van der Waals surface area contributed by atoms with Crippen LogP contribution >= 0.6 is 0 Å². The van der Waals surface area contributed by atoms with Crippen LogP contribution in [0.2, 0.25) is 0 Å². The van der Waals surface area contributed by atoms with Gasteiger partial charge in [0.25, 0.3) is 0 Å². The number of nitrogens with one attached hydrogen (secondary N) is 1. The van der Waals surface area contributed by atoms with Gasteiger partial charge in [-0.25, -0.2) is 9.59 Å². The highest BCUT2D eigenvalue weighted by molar-refractivity contribution is 5.86. The molecule has 0 fully saturated rings. The van der Waals surface area contributed by atoms with E-state index in [0.717, 1.165) is 0 Å². The number of amides is 2. The van der Waals surface area contributed by atoms with Crippen molar-refractivity contribution >= 4 is 12.0 Å². The Morgan fingerprint density at radius 1 is 1.32 bits per heavy atom. The van der Waals surface area contributed by atoms with Gasteiger partial charge in [-0.05, 0) is 26.7 Å². The molecule has 2 N–H and O–H groups in total. The van der Waals surface area contributed by atoms with Gasteiger partial charge in [0.1, 0.15) is 5.54 Å². The fourth-order valence-electron chi connectivity index (χ4n) is 1.61. The number of ether oxygens (including phenoxy) is 1. The maximum Gasteiger partial charge on any atom is 0.329 e. The zero-order chi connectivity index (χ0) is 15.1. The van der Waals surface area contributed by atoms with E-state index in [2.05, 4.69) is 5.32 Å². The smallest absolute Gasteiger partial charge is 0.329 e. The maximum atomic E-state index is 12.0. The van der Waals surface area contributed by atoms with Crippen LogP contribution in [0.1, 0.15) is 40.5 Å². The summed E-state index contributed by atoms with van der Waals surface area (Å²) in [7, 11) is 1.62. The standard InChI is InChI=1S/C13H26N2O4/c1-6-13(7-2,11(16)17)14-12(18)15(5)8-9-19-10(3)4/h10H,6-9H2,1-5H3,(H,14,18)(H,16,17). The van der Waals surface area contributed by atoms with Crippen LogP contribution in [0.3, 0.4) is 0 Å². The molecule has 0 saturated heterocycles. The van der Waals surface area contributed by atoms with E-state index < -0.39 is 17.5 Å². The van der Waals surface area contributed by atoms with E-state index in [9.17, 15) is 14.7 Å². The van der Waals surface area contributed by atoms with Crippen molar-refractivity contribution < 1.29 is 19.4 Å². The number of rotatable bonds is 8. The van der Waals surface area contributed by atoms with E-state index in [1.165, 1.54) is 4.90 Å². The monoisotopic (exact) mass is 274 g/mol. The summed E-state index contributed by atoms with van der Waals surface area (Å²) in [5, 5.41) is 11.8. The minimum Gasteiger partial charge on any atom is -0.480 e. The molecule has 0 aliphatic rings. The minimum atomic E-state index is -1.19. The van der Waals surface area contributed by atoms with Gasteiger partial charge in [-0.15, -0.1) is 0 Å². The number of aliphatic carboxylic acids is 1. The van der Waals surface area contributed by atoms with Crippen molar-refractivity contribution in [2.45, 2.75) is 52.2 Å². The Kier molecular flexibility index (Phi) is 7.44. The van der Waals surface area contributed by atoms with Crippen molar-refractivity contribution in [1.82, 2.24) is 10.2 Å². The van der Waals surface area contributed by atoms with Crippen LogP contribution in [0.25, 0.3) is 0 Å². The Labute approximate surface area is 115 Å². The molecule has 0 radical (unpaired) electrons. The lowest BCUT2D eigenvalue weighted by Crippen LogP contribution is -2.57. The Morgan fingerprint density at radius 3 is 2.21 bits per heavy atom. The molecule has 112 valence electrons. The lowest BCUT2D eigenvalue weighted by Gasteiger charge is -2.30. The first kappa shape index (κ1) is 17.7. The molecule has 0 rings (SSSR count). The third-order valence-electron chi connectivity index (χ3n) is 3.19. The van der Waals surface area contributed by atoms with Gasteiger partial charge >= 0.3 is 12.0 Å². The van der Waals surface area contributed by atoms with Gasteiger partial charge in [-0.1, -0.05) is 13.8 Å². The van der Waals surface area contributed by atoms with E-state index >= 15 is 0 Å². The first-order chi connectivity index (χ1) is 8.79. The summed E-state index contributed by atoms with van der Waals surface area (Å²) in [4.78, 5) is 24.7. The molecular formula is C13H26N2O4. The predicted octanol–water partition coefficient (Wildman–Crippen LogP) is 1.70. The number of likely N-dealkylation sites (N-methyl/N-ethyl adjacent to an activating group) is 1. The molecule has 0 aliphatic heterocycles. The topological polar surface area (TPSA) is 78.9 Å². The average Bonchev–Trinajstić information content (AvgIpc) is 2.34. The van der Waals surface area contributed by atoms with Gasteiger partial charge in [0, 0.05) is 13.6 Å². The summed E-state index contributed by atoms with van der Waals surface area (Å²) in [6.07, 6.45) is 0.808. The molecule has 0 aromatic heterocycles. The molecule has 0 aliphatic carbocycles. The molecule has 6 heteroatoms. The fourth-order valence-corrected chi connectivity index (χ4v) is 1.61. The van der Waals surface area contributed by atoms with E-state index in [0.29, 0.717) is 26.0 Å². The summed E-state index contributed by atoms with van der Waals surface area (Å²) in [5.41, 5.74) is -1.19. The molecule has 19 heavy (non-hydrogen) atoms. The molecule has 0 heterocycles. The van der Waals surface area contributed by atoms with Crippen molar-refractivity contribution in [1.29, 1.82) is 0 Å². The second-order valence-corrected chi connectivity index (χ2v) is 4.87. The number of carbonyl (C=O) groups excluding carboxylic acids is 1. The molecule has 0 aromatic rings. The first-order valence-electron chi connectivity index (χ1n) is 6.67. The highest BCUT2D eigenvalue weighted by atomic mass is 16.5. The molecule has 6 nitrogen and oxygen atoms in total. The summed E-state index contributed by atoms with van der Waals surface area (Å²) in [6.45, 7) is 8.19. The summed E-state index contributed by atoms with van der Waals surface area (Å²) >= 11 is 0. The number of hydrogen-bond acceptors (Lipinski definition) is 3. The van der Waals surface area contributed by atoms with Crippen LogP contribution in [0.4, 0.5) is 4.79 Å². The molecule has 0 atom stereocenters. The molecule has 0 aromatic carbocycles. The van der Waals surface area contributed by atoms with Crippen molar-refractivity contribution in [2.75, 3.05) is 20.2 Å². The normalized spacial score (nSPS) is 11.5. The summed E-state index contributed by atoms with van der Waals surface area (Å²) in [6, 6.07) is -0.390. The fraction of sp³-hybridized carbons (Fsp3) is 0.846. The predicted molar refractivity (Wildman–Crippen MR) is 73.2 cm³/mol. The molecule has 0 unspecified atom stereocenters. The van der Waals surface area contributed by atoms with Crippen LogP contribution in [0.5, 0.6) is 0 Å². The van der Waals surface area contributed by atoms with E-state index in [-0.39, 0.29) is 6.10 Å². The van der Waals surface area contributed by atoms with Crippen LogP contribution in [0, 0.1) is 0 Å². The van der Waals surface area contributed by atoms with E-state index in [1.54, 1.807) is 20.9 Å². The van der Waals surface area contributed by atoms with E-state index in [1.807, 2.05) is 13.8 Å². The maximum absolute atomic E-state index is 12.0. The zero-order valence-electron chi connectivity index (χ0n) is 12.5. The summed E-state index contributed by atoms with van der Waals surface area (Å²) < 4.78 is 5.35. The third kappa shape index (κ3) is 5.46. The number of hydrogen-bond donors (Lipinski definition) is 2. The highest BCUT2D eigenvalue weighted by Gasteiger charge is 2.37. The van der Waals surface area contributed by atoms with Crippen molar-refractivity contribution in [3.63, 3.8) is 0 Å². The number of urea groups is 1. The van der Waals surface area contributed by atoms with Gasteiger partial charge in [-0.3, -0.25) is 0 Å². The second-order valence-electron chi connectivity index (χ2n) is 4.87. The van der Waals surface area contributed by atoms with Gasteiger partial charge in [-0.2, -0.15) is 0 Å². The quantitative estimate of drug-likeness (QED) is 0.706.